The molecule has 0 radical (unpaired) electrons. The minimum atomic E-state index is -0.233. The largest absolute Gasteiger partial charge is 0.311 e. The number of rotatable bonds is 1. The summed E-state index contributed by atoms with van der Waals surface area (Å²) in [5, 5.41) is 8.22. The molecule has 1 aliphatic heterocycles. The van der Waals surface area contributed by atoms with Crippen molar-refractivity contribution in [1.29, 1.82) is 0 Å². The lowest BCUT2D eigenvalue weighted by molar-refractivity contribution is 0.524. The first kappa shape index (κ1) is 9.51. The summed E-state index contributed by atoms with van der Waals surface area (Å²) in [4.78, 5) is 0. The molecule has 0 aliphatic carbocycles. The third-order valence-electron chi connectivity index (χ3n) is 2.97. The fourth-order valence-corrected chi connectivity index (χ4v) is 2.15. The van der Waals surface area contributed by atoms with Gasteiger partial charge >= 0.3 is 0 Å². The number of halogens is 1. The van der Waals surface area contributed by atoms with E-state index in [0.717, 1.165) is 31.6 Å². The van der Waals surface area contributed by atoms with E-state index in [2.05, 4.69) is 10.2 Å². The molecule has 0 unspecified atom stereocenters. The molecule has 1 aliphatic rings. The molecule has 2 aromatic rings. The predicted molar refractivity (Wildman–Crippen MR) is 58.4 cm³/mol. The average Bonchev–Trinajstić information content (AvgIpc) is 2.74. The van der Waals surface area contributed by atoms with Crippen molar-refractivity contribution in [2.45, 2.75) is 25.8 Å². The number of benzene rings is 1. The zero-order valence-corrected chi connectivity index (χ0v) is 8.86. The van der Waals surface area contributed by atoms with E-state index in [-0.39, 0.29) is 5.82 Å². The van der Waals surface area contributed by atoms with Crippen LogP contribution < -0.4 is 0 Å². The van der Waals surface area contributed by atoms with Crippen LogP contribution in [0.1, 0.15) is 18.7 Å². The van der Waals surface area contributed by atoms with Gasteiger partial charge < -0.3 is 4.57 Å². The maximum absolute atomic E-state index is 13.6. The first-order valence-corrected chi connectivity index (χ1v) is 5.53. The first-order valence-electron chi connectivity index (χ1n) is 5.53. The number of aryl methyl sites for hydroxylation is 1. The summed E-state index contributed by atoms with van der Waals surface area (Å²) >= 11 is 0. The van der Waals surface area contributed by atoms with Crippen molar-refractivity contribution in [3.05, 3.63) is 35.9 Å². The van der Waals surface area contributed by atoms with Crippen molar-refractivity contribution >= 4 is 0 Å². The number of hydrogen-bond acceptors (Lipinski definition) is 2. The summed E-state index contributed by atoms with van der Waals surface area (Å²) in [5.41, 5.74) is 0.545. The van der Waals surface area contributed by atoms with Crippen molar-refractivity contribution < 1.29 is 4.39 Å². The molecular weight excluding hydrogens is 205 g/mol. The zero-order chi connectivity index (χ0) is 11.0. The average molecular weight is 217 g/mol. The van der Waals surface area contributed by atoms with Gasteiger partial charge in [0.05, 0.1) is 5.56 Å². The topological polar surface area (TPSA) is 30.7 Å². The molecule has 0 saturated heterocycles. The summed E-state index contributed by atoms with van der Waals surface area (Å²) in [6.07, 6.45) is 3.21. The van der Waals surface area contributed by atoms with Crippen molar-refractivity contribution in [2.24, 2.45) is 0 Å². The maximum Gasteiger partial charge on any atom is 0.166 e. The molecule has 0 amide bonds. The lowest BCUT2D eigenvalue weighted by Gasteiger charge is -2.14. The van der Waals surface area contributed by atoms with E-state index in [1.807, 2.05) is 10.6 Å². The quantitative estimate of drug-likeness (QED) is 0.734. The van der Waals surface area contributed by atoms with Gasteiger partial charge in [0.1, 0.15) is 11.6 Å². The molecule has 16 heavy (non-hydrogen) atoms. The number of nitrogens with zero attached hydrogens (tertiary/aromatic N) is 3. The van der Waals surface area contributed by atoms with Gasteiger partial charge in [-0.1, -0.05) is 12.1 Å². The second-order valence-corrected chi connectivity index (χ2v) is 4.03. The van der Waals surface area contributed by atoms with Crippen molar-refractivity contribution in [1.82, 2.24) is 14.8 Å². The van der Waals surface area contributed by atoms with Gasteiger partial charge in [0.25, 0.3) is 0 Å². The van der Waals surface area contributed by atoms with Crippen LogP contribution >= 0.6 is 0 Å². The van der Waals surface area contributed by atoms with E-state index in [1.165, 1.54) is 6.07 Å². The molecule has 1 aromatic carbocycles. The summed E-state index contributed by atoms with van der Waals surface area (Å²) < 4.78 is 15.7. The third kappa shape index (κ3) is 1.41. The van der Waals surface area contributed by atoms with Crippen LogP contribution in [0.4, 0.5) is 4.39 Å². The maximum atomic E-state index is 13.6. The highest BCUT2D eigenvalue weighted by atomic mass is 19.1. The van der Waals surface area contributed by atoms with Crippen molar-refractivity contribution in [3.8, 4) is 11.4 Å². The minimum absolute atomic E-state index is 0.233. The smallest absolute Gasteiger partial charge is 0.166 e. The Morgan fingerprint density at radius 2 is 2.00 bits per heavy atom. The standard InChI is InChI=1S/C12H12FN3/c13-10-6-2-1-5-9(10)12-15-14-11-7-3-4-8-16(11)12/h1-2,5-6H,3-4,7-8H2. The molecule has 0 atom stereocenters. The van der Waals surface area contributed by atoms with Crippen molar-refractivity contribution in [2.75, 3.05) is 0 Å². The SMILES string of the molecule is Fc1ccccc1-c1nnc2n1CCCC2. The second kappa shape index (κ2) is 3.70. The fraction of sp³-hybridized carbons (Fsp3) is 0.333. The molecule has 0 N–H and O–H groups in total. The lowest BCUT2D eigenvalue weighted by Crippen LogP contribution is -2.11. The van der Waals surface area contributed by atoms with Crippen LogP contribution in [0.5, 0.6) is 0 Å². The Bertz CT molecular complexity index is 519. The Labute approximate surface area is 92.9 Å². The summed E-state index contributed by atoms with van der Waals surface area (Å²) in [5.74, 6) is 1.40. The molecule has 3 nitrogen and oxygen atoms in total. The predicted octanol–water partition coefficient (Wildman–Crippen LogP) is 2.42. The van der Waals surface area contributed by atoms with E-state index in [0.29, 0.717) is 11.4 Å². The van der Waals surface area contributed by atoms with Gasteiger partial charge in [0.2, 0.25) is 0 Å². The van der Waals surface area contributed by atoms with Crippen LogP contribution in [-0.2, 0) is 13.0 Å². The van der Waals surface area contributed by atoms with E-state index in [1.54, 1.807) is 12.1 Å². The Morgan fingerprint density at radius 3 is 2.88 bits per heavy atom. The van der Waals surface area contributed by atoms with Crippen molar-refractivity contribution in [3.63, 3.8) is 0 Å². The van der Waals surface area contributed by atoms with Gasteiger partial charge in [-0.15, -0.1) is 10.2 Å². The molecule has 0 saturated carbocycles. The highest BCUT2D eigenvalue weighted by Gasteiger charge is 2.18. The molecular formula is C12H12FN3. The molecule has 0 fully saturated rings. The molecule has 1 aromatic heterocycles. The number of aromatic nitrogens is 3. The van der Waals surface area contributed by atoms with Gasteiger partial charge in [-0.2, -0.15) is 0 Å². The van der Waals surface area contributed by atoms with Crippen LogP contribution in [0.2, 0.25) is 0 Å². The van der Waals surface area contributed by atoms with Crippen LogP contribution in [0, 0.1) is 5.82 Å². The van der Waals surface area contributed by atoms with Crippen LogP contribution in [0.15, 0.2) is 24.3 Å². The highest BCUT2D eigenvalue weighted by molar-refractivity contribution is 5.56. The lowest BCUT2D eigenvalue weighted by atomic mass is 10.1. The summed E-state index contributed by atoms with van der Waals surface area (Å²) in [6, 6.07) is 6.72. The summed E-state index contributed by atoms with van der Waals surface area (Å²) in [6.45, 7) is 0.895. The Balaban J connectivity index is 2.13. The minimum Gasteiger partial charge on any atom is -0.311 e. The van der Waals surface area contributed by atoms with Gasteiger partial charge in [-0.25, -0.2) is 4.39 Å². The van der Waals surface area contributed by atoms with E-state index in [4.69, 9.17) is 0 Å². The summed E-state index contributed by atoms with van der Waals surface area (Å²) in [7, 11) is 0. The van der Waals surface area contributed by atoms with E-state index in [9.17, 15) is 4.39 Å². The highest BCUT2D eigenvalue weighted by Crippen LogP contribution is 2.24. The Morgan fingerprint density at radius 1 is 1.12 bits per heavy atom. The van der Waals surface area contributed by atoms with Gasteiger partial charge in [-0.3, -0.25) is 0 Å². The molecule has 3 rings (SSSR count). The van der Waals surface area contributed by atoms with Gasteiger partial charge in [-0.05, 0) is 25.0 Å². The first-order chi connectivity index (χ1) is 7.86. The number of fused-ring (bicyclic) bond motifs is 1. The Hall–Kier alpha value is -1.71. The van der Waals surface area contributed by atoms with E-state index < -0.39 is 0 Å². The second-order valence-electron chi connectivity index (χ2n) is 4.03. The van der Waals surface area contributed by atoms with Crippen LogP contribution in [0.3, 0.4) is 0 Å². The van der Waals surface area contributed by atoms with Crippen LogP contribution in [0.25, 0.3) is 11.4 Å². The van der Waals surface area contributed by atoms with E-state index >= 15 is 0 Å². The molecule has 2 heterocycles. The van der Waals surface area contributed by atoms with Crippen LogP contribution in [-0.4, -0.2) is 14.8 Å². The molecule has 4 heteroatoms. The monoisotopic (exact) mass is 217 g/mol. The third-order valence-corrected chi connectivity index (χ3v) is 2.97. The Kier molecular flexibility index (Phi) is 2.20. The number of hydrogen-bond donors (Lipinski definition) is 0. The normalized spacial score (nSPS) is 14.8. The van der Waals surface area contributed by atoms with Gasteiger partial charge in [0.15, 0.2) is 5.82 Å². The molecule has 82 valence electrons. The zero-order valence-electron chi connectivity index (χ0n) is 8.86. The molecule has 0 bridgehead atoms. The van der Waals surface area contributed by atoms with Gasteiger partial charge in [0, 0.05) is 13.0 Å². The molecule has 0 spiro atoms. The fourth-order valence-electron chi connectivity index (χ4n) is 2.15.